The minimum absolute atomic E-state index is 0.0854. The molecule has 13 nitrogen and oxygen atoms in total. The number of fused-ring (bicyclic) bond motifs is 1. The molecule has 5 heterocycles. The number of esters is 1. The molecule has 3 aromatic carbocycles. The number of carbonyl (C=O) groups excluding carboxylic acids is 3. The second kappa shape index (κ2) is 14.8. The molecule has 3 amide bonds. The normalized spacial score (nSPS) is 20.3. The van der Waals surface area contributed by atoms with E-state index in [0.717, 1.165) is 5.69 Å². The lowest BCUT2D eigenvalue weighted by molar-refractivity contribution is -0.136. The number of piperazine rings is 1. The first-order chi connectivity index (χ1) is 26.1. The molecular weight excluding hydrogens is 737 g/mol. The summed E-state index contributed by atoms with van der Waals surface area (Å²) < 4.78 is 25.3. The highest BCUT2D eigenvalue weighted by molar-refractivity contribution is 7.11. The number of hydrogen-bond donors (Lipinski definition) is 2. The van der Waals surface area contributed by atoms with Gasteiger partial charge in [0.2, 0.25) is 0 Å². The van der Waals surface area contributed by atoms with Crippen molar-refractivity contribution >= 4 is 52.4 Å². The van der Waals surface area contributed by atoms with Crippen LogP contribution in [0.1, 0.15) is 27.0 Å². The van der Waals surface area contributed by atoms with Crippen LogP contribution in [0.5, 0.6) is 11.5 Å². The zero-order chi connectivity index (χ0) is 37.5. The van der Waals surface area contributed by atoms with Crippen molar-refractivity contribution in [3.05, 3.63) is 117 Å². The maximum absolute atomic E-state index is 14.1. The number of amidine groups is 1. The Balaban J connectivity index is 0.957. The van der Waals surface area contributed by atoms with Crippen LogP contribution in [0.25, 0.3) is 0 Å². The van der Waals surface area contributed by atoms with Crippen LogP contribution in [0.2, 0.25) is 5.02 Å². The zero-order valence-corrected chi connectivity index (χ0v) is 30.6. The van der Waals surface area contributed by atoms with Gasteiger partial charge < -0.3 is 29.7 Å². The Morgan fingerprint density at radius 3 is 2.43 bits per heavy atom. The number of halogens is 2. The van der Waals surface area contributed by atoms with Gasteiger partial charge in [-0.2, -0.15) is 0 Å². The van der Waals surface area contributed by atoms with Crippen molar-refractivity contribution in [3.8, 4) is 11.5 Å². The summed E-state index contributed by atoms with van der Waals surface area (Å²) in [5.74, 6) is 0.379. The van der Waals surface area contributed by atoms with Crippen molar-refractivity contribution in [2.45, 2.75) is 18.2 Å². The van der Waals surface area contributed by atoms with Gasteiger partial charge in [-0.1, -0.05) is 17.7 Å². The summed E-state index contributed by atoms with van der Waals surface area (Å²) in [6.45, 7) is 3.06. The molecule has 1 aromatic heterocycles. The maximum atomic E-state index is 14.1. The number of carbonyl (C=O) groups is 3. The fraction of sp³-hybridized carbons (Fsp3) is 0.289. The molecule has 3 saturated heterocycles. The Labute approximate surface area is 318 Å². The number of urea groups is 1. The summed E-state index contributed by atoms with van der Waals surface area (Å²) in [7, 11) is 1.30. The molecule has 0 radical (unpaired) electrons. The highest BCUT2D eigenvalue weighted by atomic mass is 35.5. The predicted molar refractivity (Wildman–Crippen MR) is 200 cm³/mol. The smallest absolute Gasteiger partial charge is 0.338 e. The highest BCUT2D eigenvalue weighted by Crippen LogP contribution is 2.37. The Morgan fingerprint density at radius 2 is 1.76 bits per heavy atom. The lowest BCUT2D eigenvalue weighted by Gasteiger charge is -2.38. The molecule has 4 aromatic rings. The number of nitrogens with one attached hydrogen (secondary N) is 1. The fourth-order valence-electron chi connectivity index (χ4n) is 7.12. The number of amides is 3. The van der Waals surface area contributed by atoms with Gasteiger partial charge in [-0.3, -0.25) is 19.6 Å². The van der Waals surface area contributed by atoms with E-state index in [0.29, 0.717) is 85.0 Å². The highest BCUT2D eigenvalue weighted by Gasteiger charge is 2.42. The number of ether oxygens (including phenoxy) is 2. The number of thiazole rings is 1. The number of aliphatic hydroxyl groups is 1. The first-order valence-corrected chi connectivity index (χ1v) is 18.6. The third kappa shape index (κ3) is 7.02. The average molecular weight is 772 g/mol. The lowest BCUT2D eigenvalue weighted by Crippen LogP contribution is -2.53. The minimum Gasteiger partial charge on any atom is -0.466 e. The first kappa shape index (κ1) is 35.7. The molecule has 16 heteroatoms. The number of hydrogen-bond acceptors (Lipinski definition) is 11. The Kier molecular flexibility index (Phi) is 9.79. The Hall–Kier alpha value is -5.35. The molecule has 3 fully saturated rings. The monoisotopic (exact) mass is 771 g/mol. The van der Waals surface area contributed by atoms with Crippen LogP contribution in [0.4, 0.5) is 14.9 Å². The van der Waals surface area contributed by atoms with Crippen molar-refractivity contribution in [2.75, 3.05) is 57.8 Å². The molecular formula is C38H35ClFN7O6S. The van der Waals surface area contributed by atoms with E-state index in [1.165, 1.54) is 36.6 Å². The molecule has 54 heavy (non-hydrogen) atoms. The van der Waals surface area contributed by atoms with E-state index < -0.39 is 23.9 Å². The summed E-state index contributed by atoms with van der Waals surface area (Å²) >= 11 is 7.90. The summed E-state index contributed by atoms with van der Waals surface area (Å²) in [4.78, 5) is 56.1. The van der Waals surface area contributed by atoms with Gasteiger partial charge in [-0.25, -0.2) is 19.0 Å². The molecule has 0 spiro atoms. The van der Waals surface area contributed by atoms with Crippen LogP contribution >= 0.6 is 22.9 Å². The number of likely N-dealkylation sites (tertiary alicyclic amines) is 1. The number of β-amino-alcohol motifs (C(OH)–C–C–N with tert-alkyl or cyclic N) is 1. The number of methoxy groups -OCH3 is 1. The summed E-state index contributed by atoms with van der Waals surface area (Å²) in [5, 5.41) is 15.4. The lowest BCUT2D eigenvalue weighted by atomic mass is 9.95. The van der Waals surface area contributed by atoms with Crippen LogP contribution in [0, 0.1) is 5.82 Å². The van der Waals surface area contributed by atoms with Gasteiger partial charge in [0.1, 0.15) is 23.4 Å². The standard InChI is InChI=1S/C38H35ClFN7O6S/c1-52-37(50)32-31(42-34(35-41-12-15-54-35)43-33(32)29-11-4-23(40)16-30(29)39)21-44-13-14-46-25(17-44)18-47(38(46)51)24-5-9-28(10-6-24)53-27-7-2-22(3-8-27)36(49)45-19-26(48)20-45/h2-12,15-16,25-26,33,48H,13-14,17-21H2,1H3,(H,42,43)/t25-,33?/m0/s1. The Morgan fingerprint density at radius 1 is 1.02 bits per heavy atom. The molecule has 2 atom stereocenters. The predicted octanol–water partition coefficient (Wildman–Crippen LogP) is 4.69. The van der Waals surface area contributed by atoms with Gasteiger partial charge in [0.15, 0.2) is 10.8 Å². The zero-order valence-electron chi connectivity index (χ0n) is 29.0. The quantitative estimate of drug-likeness (QED) is 0.232. The molecule has 4 aliphatic heterocycles. The SMILES string of the molecule is COC(=O)C1=C(CN2CCN3C(=O)N(c4ccc(Oc5ccc(C(=O)N6CC(O)C6)cc5)cc4)C[C@@H]3C2)NC(c2nccs2)=NC1c1ccc(F)cc1Cl. The molecule has 0 saturated carbocycles. The van der Waals surface area contributed by atoms with E-state index in [4.69, 9.17) is 26.1 Å². The average Bonchev–Trinajstić information content (AvgIpc) is 3.82. The van der Waals surface area contributed by atoms with Gasteiger partial charge in [0, 0.05) is 84.9 Å². The van der Waals surface area contributed by atoms with Gasteiger partial charge >= 0.3 is 12.0 Å². The van der Waals surface area contributed by atoms with E-state index >= 15 is 0 Å². The molecule has 1 unspecified atom stereocenters. The van der Waals surface area contributed by atoms with E-state index in [1.54, 1.807) is 52.4 Å². The number of rotatable bonds is 9. The molecule has 278 valence electrons. The summed E-state index contributed by atoms with van der Waals surface area (Å²) in [6.07, 6.45) is 1.21. The van der Waals surface area contributed by atoms with Crippen molar-refractivity contribution in [1.82, 2.24) is 25.0 Å². The van der Waals surface area contributed by atoms with Crippen LogP contribution in [-0.2, 0) is 9.53 Å². The maximum Gasteiger partial charge on any atom is 0.338 e. The summed E-state index contributed by atoms with van der Waals surface area (Å²) in [6, 6.07) is 17.1. The number of aromatic nitrogens is 1. The second-order valence-corrected chi connectivity index (χ2v) is 14.7. The third-order valence-electron chi connectivity index (χ3n) is 9.88. The van der Waals surface area contributed by atoms with E-state index in [-0.39, 0.29) is 28.6 Å². The molecule has 8 rings (SSSR count). The van der Waals surface area contributed by atoms with Crippen LogP contribution < -0.4 is 15.0 Å². The largest absolute Gasteiger partial charge is 0.466 e. The minimum atomic E-state index is -0.868. The van der Waals surface area contributed by atoms with Gasteiger partial charge in [0.25, 0.3) is 5.91 Å². The molecule has 0 aliphatic carbocycles. The van der Waals surface area contributed by atoms with Crippen molar-refractivity contribution in [2.24, 2.45) is 4.99 Å². The van der Waals surface area contributed by atoms with Crippen molar-refractivity contribution in [1.29, 1.82) is 0 Å². The number of aliphatic imine (C=N–C) groups is 1. The number of nitrogens with zero attached hydrogens (tertiary/aromatic N) is 6. The molecule has 0 bridgehead atoms. The van der Waals surface area contributed by atoms with Crippen LogP contribution in [0.15, 0.2) is 94.6 Å². The van der Waals surface area contributed by atoms with Gasteiger partial charge in [0.05, 0.1) is 24.8 Å². The van der Waals surface area contributed by atoms with E-state index in [1.807, 2.05) is 22.4 Å². The molecule has 2 N–H and O–H groups in total. The number of aliphatic hydroxyl groups excluding tert-OH is 1. The summed E-state index contributed by atoms with van der Waals surface area (Å²) in [5.41, 5.74) is 2.54. The second-order valence-electron chi connectivity index (χ2n) is 13.4. The number of benzene rings is 3. The van der Waals surface area contributed by atoms with Crippen LogP contribution in [-0.4, -0.2) is 114 Å². The number of anilines is 1. The topological polar surface area (TPSA) is 140 Å². The van der Waals surface area contributed by atoms with Gasteiger partial charge in [-0.15, -0.1) is 11.3 Å². The first-order valence-electron chi connectivity index (χ1n) is 17.3. The third-order valence-corrected chi connectivity index (χ3v) is 11.0. The van der Waals surface area contributed by atoms with Crippen molar-refractivity contribution in [3.63, 3.8) is 0 Å². The fourth-order valence-corrected chi connectivity index (χ4v) is 7.98. The van der Waals surface area contributed by atoms with E-state index in [9.17, 15) is 23.9 Å². The van der Waals surface area contributed by atoms with E-state index in [2.05, 4.69) is 15.2 Å². The van der Waals surface area contributed by atoms with Gasteiger partial charge in [-0.05, 0) is 60.7 Å². The van der Waals surface area contributed by atoms with Crippen molar-refractivity contribution < 1.29 is 33.4 Å². The van der Waals surface area contributed by atoms with Crippen LogP contribution in [0.3, 0.4) is 0 Å². The Bertz CT molecular complexity index is 2140. The molecule has 4 aliphatic rings.